The van der Waals surface area contributed by atoms with E-state index in [1.165, 1.54) is 22.8 Å². The minimum Gasteiger partial charge on any atom is -0.399 e. The fourth-order valence-corrected chi connectivity index (χ4v) is 2.53. The Morgan fingerprint density at radius 1 is 1.47 bits per heavy atom. The number of anilines is 1. The molecule has 0 saturated carbocycles. The van der Waals surface area contributed by atoms with Gasteiger partial charge in [-0.1, -0.05) is 0 Å². The van der Waals surface area contributed by atoms with Crippen molar-refractivity contribution in [3.63, 3.8) is 0 Å². The molecular formula is C9H8N4OS. The van der Waals surface area contributed by atoms with Gasteiger partial charge in [-0.05, 0) is 30.0 Å². The highest BCUT2D eigenvalue weighted by Crippen LogP contribution is 2.39. The largest absolute Gasteiger partial charge is 0.399 e. The standard InChI is InChI=1S/C9H8N4OS/c10-5-1-2-7-6(3-5)8(14)13-9(15-7)11-4-12-13/h1-4,8,14H,10H2/t8-/m1/s1. The fraction of sp³-hybridized carbons (Fsp3) is 0.111. The second-order valence-corrected chi connectivity index (χ2v) is 4.27. The van der Waals surface area contributed by atoms with Gasteiger partial charge < -0.3 is 10.8 Å². The Labute approximate surface area is 89.9 Å². The molecule has 0 fully saturated rings. The molecule has 76 valence electrons. The zero-order chi connectivity index (χ0) is 10.4. The number of aliphatic hydroxyl groups is 1. The highest BCUT2D eigenvalue weighted by molar-refractivity contribution is 7.99. The van der Waals surface area contributed by atoms with E-state index in [1.807, 2.05) is 12.1 Å². The van der Waals surface area contributed by atoms with Gasteiger partial charge in [-0.15, -0.1) is 0 Å². The van der Waals surface area contributed by atoms with Crippen molar-refractivity contribution in [2.45, 2.75) is 16.3 Å². The fourth-order valence-electron chi connectivity index (χ4n) is 1.57. The van der Waals surface area contributed by atoms with E-state index in [-0.39, 0.29) is 0 Å². The van der Waals surface area contributed by atoms with Crippen LogP contribution in [0.1, 0.15) is 11.8 Å². The monoisotopic (exact) mass is 220 g/mol. The lowest BCUT2D eigenvalue weighted by Crippen LogP contribution is -2.17. The number of rotatable bonds is 0. The quantitative estimate of drug-likeness (QED) is 0.644. The van der Waals surface area contributed by atoms with Crippen LogP contribution >= 0.6 is 11.8 Å². The van der Waals surface area contributed by atoms with Crippen molar-refractivity contribution in [2.24, 2.45) is 0 Å². The summed E-state index contributed by atoms with van der Waals surface area (Å²) < 4.78 is 1.48. The van der Waals surface area contributed by atoms with Gasteiger partial charge in [0.1, 0.15) is 6.33 Å². The van der Waals surface area contributed by atoms with Crippen LogP contribution in [0.3, 0.4) is 0 Å². The van der Waals surface area contributed by atoms with Gasteiger partial charge in [-0.25, -0.2) is 9.67 Å². The maximum Gasteiger partial charge on any atom is 0.193 e. The van der Waals surface area contributed by atoms with Crippen molar-refractivity contribution in [1.29, 1.82) is 0 Å². The van der Waals surface area contributed by atoms with Crippen LogP contribution in [0.2, 0.25) is 0 Å². The molecule has 15 heavy (non-hydrogen) atoms. The van der Waals surface area contributed by atoms with Gasteiger partial charge in [0.25, 0.3) is 0 Å². The molecule has 1 aliphatic heterocycles. The summed E-state index contributed by atoms with van der Waals surface area (Å²) in [5.41, 5.74) is 7.09. The predicted molar refractivity (Wildman–Crippen MR) is 55.4 cm³/mol. The summed E-state index contributed by atoms with van der Waals surface area (Å²) in [5, 5.41) is 14.7. The zero-order valence-electron chi connectivity index (χ0n) is 7.66. The van der Waals surface area contributed by atoms with E-state index >= 15 is 0 Å². The Morgan fingerprint density at radius 3 is 3.20 bits per heavy atom. The molecule has 1 aliphatic rings. The third-order valence-corrected chi connectivity index (χ3v) is 3.35. The number of nitrogen functional groups attached to an aromatic ring is 1. The average Bonchev–Trinajstić information content (AvgIpc) is 2.68. The van der Waals surface area contributed by atoms with Gasteiger partial charge in [0.05, 0.1) is 0 Å². The number of nitrogens with zero attached hydrogens (tertiary/aromatic N) is 3. The summed E-state index contributed by atoms with van der Waals surface area (Å²) in [5.74, 6) is 0. The van der Waals surface area contributed by atoms with E-state index in [9.17, 15) is 5.11 Å². The van der Waals surface area contributed by atoms with Crippen molar-refractivity contribution in [2.75, 3.05) is 5.73 Å². The van der Waals surface area contributed by atoms with E-state index in [1.54, 1.807) is 6.07 Å². The number of aliphatic hydroxyl groups excluding tert-OH is 1. The lowest BCUT2D eigenvalue weighted by molar-refractivity contribution is 0.116. The second-order valence-electron chi connectivity index (χ2n) is 3.26. The molecule has 6 heteroatoms. The number of benzene rings is 1. The third kappa shape index (κ3) is 1.22. The molecule has 1 aromatic heterocycles. The van der Waals surface area contributed by atoms with Crippen LogP contribution < -0.4 is 5.73 Å². The molecule has 5 nitrogen and oxygen atoms in total. The van der Waals surface area contributed by atoms with Crippen LogP contribution in [-0.4, -0.2) is 19.9 Å². The van der Waals surface area contributed by atoms with E-state index < -0.39 is 6.23 Å². The van der Waals surface area contributed by atoms with Gasteiger partial charge >= 0.3 is 0 Å². The van der Waals surface area contributed by atoms with E-state index in [4.69, 9.17) is 5.73 Å². The van der Waals surface area contributed by atoms with Gasteiger partial charge in [-0.3, -0.25) is 0 Å². The molecule has 0 spiro atoms. The van der Waals surface area contributed by atoms with E-state index in [2.05, 4.69) is 10.1 Å². The van der Waals surface area contributed by atoms with Gasteiger partial charge in [0, 0.05) is 16.1 Å². The maximum absolute atomic E-state index is 10.0. The van der Waals surface area contributed by atoms with Gasteiger partial charge in [0.15, 0.2) is 11.4 Å². The lowest BCUT2D eigenvalue weighted by atomic mass is 10.2. The van der Waals surface area contributed by atoms with E-state index in [0.29, 0.717) is 10.8 Å². The topological polar surface area (TPSA) is 77.0 Å². The number of hydrogen-bond acceptors (Lipinski definition) is 5. The summed E-state index contributed by atoms with van der Waals surface area (Å²) >= 11 is 1.48. The number of nitrogens with two attached hydrogens (primary N) is 1. The van der Waals surface area contributed by atoms with Crippen molar-refractivity contribution in [1.82, 2.24) is 14.8 Å². The summed E-state index contributed by atoms with van der Waals surface area (Å²) in [6, 6.07) is 5.46. The van der Waals surface area contributed by atoms with Crippen LogP contribution in [0.4, 0.5) is 5.69 Å². The van der Waals surface area contributed by atoms with E-state index in [0.717, 1.165) is 10.5 Å². The normalized spacial score (nSPS) is 18.3. The summed E-state index contributed by atoms with van der Waals surface area (Å²) in [4.78, 5) is 5.02. The predicted octanol–water partition coefficient (Wildman–Crippen LogP) is 0.864. The molecule has 2 aromatic rings. The van der Waals surface area contributed by atoms with Crippen LogP contribution in [0.15, 0.2) is 34.6 Å². The van der Waals surface area contributed by atoms with Crippen molar-refractivity contribution in [3.8, 4) is 0 Å². The Bertz CT molecular complexity index is 525. The molecule has 0 bridgehead atoms. The second kappa shape index (κ2) is 2.98. The van der Waals surface area contributed by atoms with Crippen LogP contribution in [0.25, 0.3) is 0 Å². The first-order chi connectivity index (χ1) is 7.25. The zero-order valence-corrected chi connectivity index (χ0v) is 8.48. The Morgan fingerprint density at radius 2 is 2.33 bits per heavy atom. The molecule has 3 N–H and O–H groups in total. The van der Waals surface area contributed by atoms with Crippen molar-refractivity contribution in [3.05, 3.63) is 30.1 Å². The molecule has 2 heterocycles. The molecular weight excluding hydrogens is 212 g/mol. The third-order valence-electron chi connectivity index (χ3n) is 2.29. The highest BCUT2D eigenvalue weighted by atomic mass is 32.2. The molecule has 0 aliphatic carbocycles. The first-order valence-electron chi connectivity index (χ1n) is 4.40. The van der Waals surface area contributed by atoms with Crippen molar-refractivity contribution >= 4 is 17.4 Å². The molecule has 0 amide bonds. The minimum atomic E-state index is -0.790. The number of fused-ring (bicyclic) bond motifs is 2. The summed E-state index contributed by atoms with van der Waals surface area (Å²) in [7, 11) is 0. The number of aromatic nitrogens is 3. The summed E-state index contributed by atoms with van der Waals surface area (Å²) in [6.07, 6.45) is 0.642. The number of hydrogen-bond donors (Lipinski definition) is 2. The van der Waals surface area contributed by atoms with Crippen LogP contribution in [-0.2, 0) is 0 Å². The summed E-state index contributed by atoms with van der Waals surface area (Å²) in [6.45, 7) is 0. The molecule has 0 saturated heterocycles. The van der Waals surface area contributed by atoms with Gasteiger partial charge in [0.2, 0.25) is 0 Å². The highest BCUT2D eigenvalue weighted by Gasteiger charge is 2.25. The molecule has 1 aromatic carbocycles. The Kier molecular flexibility index (Phi) is 1.74. The average molecular weight is 220 g/mol. The first-order valence-corrected chi connectivity index (χ1v) is 5.22. The SMILES string of the molecule is Nc1ccc2c(c1)[C@@H](O)n1ncnc1S2. The smallest absolute Gasteiger partial charge is 0.193 e. The van der Waals surface area contributed by atoms with Crippen LogP contribution in [0.5, 0.6) is 0 Å². The maximum atomic E-state index is 10.0. The van der Waals surface area contributed by atoms with Crippen LogP contribution in [0, 0.1) is 0 Å². The first kappa shape index (κ1) is 8.75. The Balaban J connectivity index is 2.19. The molecule has 3 rings (SSSR count). The molecule has 0 unspecified atom stereocenters. The van der Waals surface area contributed by atoms with Gasteiger partial charge in [-0.2, -0.15) is 5.10 Å². The lowest BCUT2D eigenvalue weighted by Gasteiger charge is -2.21. The Hall–Kier alpha value is -1.53. The molecule has 1 atom stereocenters. The molecule has 0 radical (unpaired) electrons. The minimum absolute atomic E-state index is 0.636. The van der Waals surface area contributed by atoms with Crippen molar-refractivity contribution < 1.29 is 5.11 Å².